The maximum absolute atomic E-state index is 13.5. The van der Waals surface area contributed by atoms with Crippen LogP contribution < -0.4 is 5.73 Å². The molecule has 2 aromatic rings. The molecule has 1 atom stereocenters. The van der Waals surface area contributed by atoms with Crippen molar-refractivity contribution in [2.45, 2.75) is 13.0 Å². The lowest BCUT2D eigenvalue weighted by molar-refractivity contribution is 0.516. The highest BCUT2D eigenvalue weighted by Gasteiger charge is 2.21. The van der Waals surface area contributed by atoms with Crippen molar-refractivity contribution in [3.63, 3.8) is 0 Å². The van der Waals surface area contributed by atoms with Gasteiger partial charge in [-0.2, -0.15) is 0 Å². The standard InChI is InChI=1S/C12H10F3NS/c1-6-2-3-17-12(6)11(16)10-8(14)4-7(13)5-9(10)15/h2-5,11H,16H2,1H3. The Kier molecular flexibility index (Phi) is 3.22. The van der Waals surface area contributed by atoms with E-state index in [9.17, 15) is 13.2 Å². The monoisotopic (exact) mass is 257 g/mol. The Bertz CT molecular complexity index is 527. The average molecular weight is 257 g/mol. The van der Waals surface area contributed by atoms with Gasteiger partial charge in [-0.3, -0.25) is 0 Å². The molecule has 0 fully saturated rings. The highest BCUT2D eigenvalue weighted by Crippen LogP contribution is 2.30. The molecule has 1 nitrogen and oxygen atoms in total. The summed E-state index contributed by atoms with van der Waals surface area (Å²) in [6.07, 6.45) is 0. The first-order valence-electron chi connectivity index (χ1n) is 4.94. The molecule has 0 radical (unpaired) electrons. The van der Waals surface area contributed by atoms with Gasteiger partial charge in [0.05, 0.1) is 6.04 Å². The van der Waals surface area contributed by atoms with Gasteiger partial charge in [0.2, 0.25) is 0 Å². The summed E-state index contributed by atoms with van der Waals surface area (Å²) in [5.41, 5.74) is 6.39. The molecule has 2 N–H and O–H groups in total. The third-order valence-electron chi connectivity index (χ3n) is 2.54. The van der Waals surface area contributed by atoms with Gasteiger partial charge in [-0.25, -0.2) is 13.2 Å². The molecule has 17 heavy (non-hydrogen) atoms. The lowest BCUT2D eigenvalue weighted by Crippen LogP contribution is -2.15. The molecule has 1 unspecified atom stereocenters. The Morgan fingerprint density at radius 1 is 1.18 bits per heavy atom. The van der Waals surface area contributed by atoms with Crippen LogP contribution in [-0.2, 0) is 0 Å². The summed E-state index contributed by atoms with van der Waals surface area (Å²) < 4.78 is 39.8. The van der Waals surface area contributed by atoms with Crippen molar-refractivity contribution in [2.75, 3.05) is 0 Å². The SMILES string of the molecule is Cc1ccsc1C(N)c1c(F)cc(F)cc1F. The van der Waals surface area contributed by atoms with E-state index >= 15 is 0 Å². The fourth-order valence-corrected chi connectivity index (χ4v) is 2.62. The third kappa shape index (κ3) is 2.21. The van der Waals surface area contributed by atoms with Gasteiger partial charge in [0, 0.05) is 22.6 Å². The van der Waals surface area contributed by atoms with Crippen LogP contribution in [-0.4, -0.2) is 0 Å². The van der Waals surface area contributed by atoms with E-state index in [0.717, 1.165) is 5.56 Å². The van der Waals surface area contributed by atoms with Crippen LogP contribution in [0.4, 0.5) is 13.2 Å². The van der Waals surface area contributed by atoms with Gasteiger partial charge >= 0.3 is 0 Å². The van der Waals surface area contributed by atoms with Crippen LogP contribution in [0.15, 0.2) is 23.6 Å². The third-order valence-corrected chi connectivity index (χ3v) is 3.64. The van der Waals surface area contributed by atoms with Crippen LogP contribution >= 0.6 is 11.3 Å². The largest absolute Gasteiger partial charge is 0.319 e. The lowest BCUT2D eigenvalue weighted by Gasteiger charge is -2.13. The summed E-state index contributed by atoms with van der Waals surface area (Å²) >= 11 is 1.32. The van der Waals surface area contributed by atoms with Gasteiger partial charge < -0.3 is 5.73 Å². The molecule has 0 amide bonds. The van der Waals surface area contributed by atoms with E-state index in [2.05, 4.69) is 0 Å². The van der Waals surface area contributed by atoms with Gasteiger partial charge in [-0.1, -0.05) is 0 Å². The van der Waals surface area contributed by atoms with Crippen molar-refractivity contribution in [2.24, 2.45) is 5.73 Å². The molecule has 0 aliphatic rings. The van der Waals surface area contributed by atoms with E-state index in [0.29, 0.717) is 17.0 Å². The Hall–Kier alpha value is -1.33. The number of rotatable bonds is 2. The molecule has 1 heterocycles. The summed E-state index contributed by atoms with van der Waals surface area (Å²) in [6, 6.07) is 2.19. The predicted molar refractivity (Wildman–Crippen MR) is 61.4 cm³/mol. The number of aryl methyl sites for hydroxylation is 1. The van der Waals surface area contributed by atoms with Crippen LogP contribution in [0.2, 0.25) is 0 Å². The van der Waals surface area contributed by atoms with Gasteiger partial charge in [-0.05, 0) is 23.9 Å². The van der Waals surface area contributed by atoms with Crippen LogP contribution in [0, 0.1) is 24.4 Å². The van der Waals surface area contributed by atoms with E-state index in [1.54, 1.807) is 5.38 Å². The van der Waals surface area contributed by atoms with Crippen LogP contribution in [0.25, 0.3) is 0 Å². The summed E-state index contributed by atoms with van der Waals surface area (Å²) in [5, 5.41) is 1.80. The fourth-order valence-electron chi connectivity index (χ4n) is 1.68. The predicted octanol–water partition coefficient (Wildman–Crippen LogP) is 3.52. The summed E-state index contributed by atoms with van der Waals surface area (Å²) in [7, 11) is 0. The van der Waals surface area contributed by atoms with Crippen molar-refractivity contribution >= 4 is 11.3 Å². The topological polar surface area (TPSA) is 26.0 Å². The van der Waals surface area contributed by atoms with Gasteiger partial charge in [0.25, 0.3) is 0 Å². The normalized spacial score (nSPS) is 12.8. The molecule has 5 heteroatoms. The first-order valence-corrected chi connectivity index (χ1v) is 5.82. The second-order valence-electron chi connectivity index (χ2n) is 3.73. The minimum atomic E-state index is -0.956. The number of halogens is 3. The van der Waals surface area contributed by atoms with E-state index in [1.807, 2.05) is 13.0 Å². The van der Waals surface area contributed by atoms with Crippen LogP contribution in [0.3, 0.4) is 0 Å². The zero-order valence-electron chi connectivity index (χ0n) is 9.01. The van der Waals surface area contributed by atoms with Crippen molar-refractivity contribution in [3.05, 3.63) is 57.0 Å². The Morgan fingerprint density at radius 2 is 1.76 bits per heavy atom. The molecule has 1 aromatic heterocycles. The summed E-state index contributed by atoms with van der Waals surface area (Å²) in [4.78, 5) is 0.675. The second-order valence-corrected chi connectivity index (χ2v) is 4.68. The zero-order chi connectivity index (χ0) is 12.6. The molecule has 0 aliphatic carbocycles. The highest BCUT2D eigenvalue weighted by molar-refractivity contribution is 7.10. The molecule has 2 rings (SSSR count). The molecule has 0 spiro atoms. The highest BCUT2D eigenvalue weighted by atomic mass is 32.1. The molecule has 0 saturated carbocycles. The molecule has 0 bridgehead atoms. The molecule has 0 aliphatic heterocycles. The Morgan fingerprint density at radius 3 is 2.24 bits per heavy atom. The molecular formula is C12H10F3NS. The molecule has 0 saturated heterocycles. The summed E-state index contributed by atoms with van der Waals surface area (Å²) in [5.74, 6) is -2.86. The van der Waals surface area contributed by atoms with Crippen molar-refractivity contribution in [1.82, 2.24) is 0 Å². The van der Waals surface area contributed by atoms with Crippen molar-refractivity contribution in [1.29, 1.82) is 0 Å². The molecular weight excluding hydrogens is 247 g/mol. The van der Waals surface area contributed by atoms with Crippen LogP contribution in [0.1, 0.15) is 22.0 Å². The van der Waals surface area contributed by atoms with Gasteiger partial charge in [0.1, 0.15) is 17.5 Å². The quantitative estimate of drug-likeness (QED) is 0.875. The zero-order valence-corrected chi connectivity index (χ0v) is 9.82. The lowest BCUT2D eigenvalue weighted by atomic mass is 10.0. The number of nitrogens with two attached hydrogens (primary N) is 1. The van der Waals surface area contributed by atoms with Gasteiger partial charge in [0.15, 0.2) is 0 Å². The minimum absolute atomic E-state index is 0.294. The van der Waals surface area contributed by atoms with Gasteiger partial charge in [-0.15, -0.1) is 11.3 Å². The number of hydrogen-bond acceptors (Lipinski definition) is 2. The van der Waals surface area contributed by atoms with E-state index in [-0.39, 0.29) is 5.56 Å². The maximum Gasteiger partial charge on any atom is 0.134 e. The first kappa shape index (κ1) is 12.1. The minimum Gasteiger partial charge on any atom is -0.319 e. The van der Waals surface area contributed by atoms with Crippen molar-refractivity contribution < 1.29 is 13.2 Å². The van der Waals surface area contributed by atoms with E-state index in [1.165, 1.54) is 11.3 Å². The van der Waals surface area contributed by atoms with Crippen LogP contribution in [0.5, 0.6) is 0 Å². The second kappa shape index (κ2) is 4.50. The number of benzene rings is 1. The maximum atomic E-state index is 13.5. The van der Waals surface area contributed by atoms with E-state index in [4.69, 9.17) is 5.73 Å². The fraction of sp³-hybridized carbons (Fsp3) is 0.167. The average Bonchev–Trinajstić information content (AvgIpc) is 2.62. The summed E-state index contributed by atoms with van der Waals surface area (Å²) in [6.45, 7) is 1.81. The smallest absolute Gasteiger partial charge is 0.134 e. The number of thiophene rings is 1. The van der Waals surface area contributed by atoms with E-state index < -0.39 is 23.5 Å². The Labute approximate surface area is 101 Å². The molecule has 1 aromatic carbocycles. The molecule has 90 valence electrons. The Balaban J connectivity index is 2.51. The van der Waals surface area contributed by atoms with Crippen molar-refractivity contribution in [3.8, 4) is 0 Å². The number of hydrogen-bond donors (Lipinski definition) is 1. The first-order chi connectivity index (χ1) is 8.00.